The summed E-state index contributed by atoms with van der Waals surface area (Å²) in [5, 5.41) is 8.92. The molecule has 1 aromatic carbocycles. The number of aliphatic hydroxyl groups excluding tert-OH is 1. The molecule has 0 bridgehead atoms. The molecule has 18 heavy (non-hydrogen) atoms. The molecule has 0 aliphatic heterocycles. The number of aliphatic hydroxyl groups is 1. The first-order valence-corrected chi connectivity index (χ1v) is 5.53. The Morgan fingerprint density at radius 2 is 1.83 bits per heavy atom. The van der Waals surface area contributed by atoms with Crippen LogP contribution in [-0.2, 0) is 6.61 Å². The lowest BCUT2D eigenvalue weighted by Crippen LogP contribution is -1.96. The summed E-state index contributed by atoms with van der Waals surface area (Å²) in [6.45, 7) is 1.48. The van der Waals surface area contributed by atoms with Crippen LogP contribution in [0.15, 0.2) is 42.6 Å². The third-order valence-electron chi connectivity index (χ3n) is 2.44. The number of ketones is 1. The van der Waals surface area contributed by atoms with Gasteiger partial charge in [-0.15, -0.1) is 0 Å². The van der Waals surface area contributed by atoms with Gasteiger partial charge in [0.2, 0.25) is 0 Å². The summed E-state index contributed by atoms with van der Waals surface area (Å²) in [5.74, 6) is 1.15. The largest absolute Gasteiger partial charge is 0.456 e. The van der Waals surface area contributed by atoms with Crippen molar-refractivity contribution in [2.45, 2.75) is 13.5 Å². The van der Waals surface area contributed by atoms with Crippen molar-refractivity contribution in [2.24, 2.45) is 0 Å². The zero-order valence-electron chi connectivity index (χ0n) is 9.96. The molecule has 92 valence electrons. The van der Waals surface area contributed by atoms with Gasteiger partial charge in [-0.2, -0.15) is 0 Å². The highest BCUT2D eigenvalue weighted by Gasteiger charge is 2.02. The minimum absolute atomic E-state index is 0.00907. The molecule has 1 N–H and O–H groups in total. The molecule has 2 rings (SSSR count). The van der Waals surface area contributed by atoms with E-state index in [0.29, 0.717) is 17.2 Å². The smallest absolute Gasteiger partial charge is 0.178 e. The van der Waals surface area contributed by atoms with Crippen molar-refractivity contribution in [1.82, 2.24) is 4.98 Å². The number of carbonyl (C=O) groups is 1. The Labute approximate surface area is 105 Å². The van der Waals surface area contributed by atoms with E-state index in [1.165, 1.54) is 13.1 Å². The number of aromatic nitrogens is 1. The highest BCUT2D eigenvalue weighted by atomic mass is 16.5. The average Bonchev–Trinajstić information content (AvgIpc) is 2.40. The van der Waals surface area contributed by atoms with E-state index in [2.05, 4.69) is 4.98 Å². The summed E-state index contributed by atoms with van der Waals surface area (Å²) < 4.78 is 5.56. The second-order valence-corrected chi connectivity index (χ2v) is 3.84. The Hall–Kier alpha value is -2.20. The van der Waals surface area contributed by atoms with Crippen LogP contribution in [0.5, 0.6) is 11.5 Å². The molecule has 1 aromatic heterocycles. The number of hydrogen-bond donors (Lipinski definition) is 1. The van der Waals surface area contributed by atoms with E-state index in [4.69, 9.17) is 9.84 Å². The molecule has 0 saturated heterocycles. The van der Waals surface area contributed by atoms with Crippen LogP contribution in [0.1, 0.15) is 23.0 Å². The molecular formula is C14H13NO3. The van der Waals surface area contributed by atoms with E-state index < -0.39 is 0 Å². The van der Waals surface area contributed by atoms with Crippen molar-refractivity contribution in [2.75, 3.05) is 0 Å². The van der Waals surface area contributed by atoms with Crippen LogP contribution in [0.25, 0.3) is 0 Å². The van der Waals surface area contributed by atoms with Crippen LogP contribution in [0.2, 0.25) is 0 Å². The maximum Gasteiger partial charge on any atom is 0.178 e. The van der Waals surface area contributed by atoms with E-state index in [0.717, 1.165) is 5.56 Å². The third kappa shape index (κ3) is 2.93. The van der Waals surface area contributed by atoms with Gasteiger partial charge in [0.05, 0.1) is 12.8 Å². The number of ether oxygens (including phenoxy) is 1. The Morgan fingerprint density at radius 3 is 2.33 bits per heavy atom. The summed E-state index contributed by atoms with van der Waals surface area (Å²) in [5.41, 5.74) is 1.24. The molecule has 4 heteroatoms. The van der Waals surface area contributed by atoms with Crippen LogP contribution in [0, 0.1) is 0 Å². The molecule has 0 aliphatic carbocycles. The minimum atomic E-state index is -0.0751. The van der Waals surface area contributed by atoms with Crippen molar-refractivity contribution >= 4 is 5.78 Å². The molecule has 1 heterocycles. The van der Waals surface area contributed by atoms with E-state index in [9.17, 15) is 4.79 Å². The highest BCUT2D eigenvalue weighted by molar-refractivity contribution is 5.92. The fourth-order valence-electron chi connectivity index (χ4n) is 1.45. The normalized spacial score (nSPS) is 10.1. The van der Waals surface area contributed by atoms with Crippen molar-refractivity contribution in [3.8, 4) is 11.5 Å². The maximum atomic E-state index is 11.1. The highest BCUT2D eigenvalue weighted by Crippen LogP contribution is 2.21. The lowest BCUT2D eigenvalue weighted by molar-refractivity contribution is 0.101. The predicted octanol–water partition coefficient (Wildman–Crippen LogP) is 2.57. The van der Waals surface area contributed by atoms with Crippen molar-refractivity contribution in [1.29, 1.82) is 0 Å². The fourth-order valence-corrected chi connectivity index (χ4v) is 1.45. The number of hydrogen-bond acceptors (Lipinski definition) is 4. The van der Waals surface area contributed by atoms with Crippen LogP contribution in [-0.4, -0.2) is 15.9 Å². The molecular weight excluding hydrogens is 230 g/mol. The molecule has 0 saturated carbocycles. The van der Waals surface area contributed by atoms with Crippen LogP contribution in [0.4, 0.5) is 0 Å². The summed E-state index contributed by atoms with van der Waals surface area (Å²) in [6.07, 6.45) is 1.51. The Kier molecular flexibility index (Phi) is 3.69. The number of rotatable bonds is 4. The predicted molar refractivity (Wildman–Crippen MR) is 66.7 cm³/mol. The number of carbonyl (C=O) groups excluding carboxylic acids is 1. The zero-order valence-corrected chi connectivity index (χ0v) is 9.96. The third-order valence-corrected chi connectivity index (χ3v) is 2.44. The maximum absolute atomic E-state index is 11.1. The first kappa shape index (κ1) is 12.3. The van der Waals surface area contributed by atoms with Gasteiger partial charge in [-0.05, 0) is 29.8 Å². The minimum Gasteiger partial charge on any atom is -0.456 e. The monoisotopic (exact) mass is 243 g/mol. The van der Waals surface area contributed by atoms with Gasteiger partial charge in [0.25, 0.3) is 0 Å². The van der Waals surface area contributed by atoms with E-state index >= 15 is 0 Å². The summed E-state index contributed by atoms with van der Waals surface area (Å²) >= 11 is 0. The van der Waals surface area contributed by atoms with Gasteiger partial charge in [0.1, 0.15) is 17.2 Å². The van der Waals surface area contributed by atoms with E-state index in [-0.39, 0.29) is 12.4 Å². The lowest BCUT2D eigenvalue weighted by atomic mass is 10.2. The van der Waals surface area contributed by atoms with Crippen LogP contribution >= 0.6 is 0 Å². The molecule has 0 unspecified atom stereocenters. The fraction of sp³-hybridized carbons (Fsp3) is 0.143. The Bertz CT molecular complexity index is 532. The molecule has 0 spiro atoms. The van der Waals surface area contributed by atoms with Crippen molar-refractivity contribution in [3.63, 3.8) is 0 Å². The van der Waals surface area contributed by atoms with Crippen molar-refractivity contribution in [3.05, 3.63) is 53.9 Å². The number of Topliss-reactive ketones (excluding diaryl/α,β-unsaturated/α-hetero) is 1. The second-order valence-electron chi connectivity index (χ2n) is 3.84. The van der Waals surface area contributed by atoms with E-state index in [1.807, 2.05) is 0 Å². The quantitative estimate of drug-likeness (QED) is 0.838. The molecule has 2 aromatic rings. The van der Waals surface area contributed by atoms with Gasteiger partial charge in [0.15, 0.2) is 5.78 Å². The SMILES string of the molecule is CC(=O)c1ccc(Oc2ccc(CO)cc2)cn1. The Morgan fingerprint density at radius 1 is 1.17 bits per heavy atom. The second kappa shape index (κ2) is 5.42. The van der Waals surface area contributed by atoms with Gasteiger partial charge >= 0.3 is 0 Å². The van der Waals surface area contributed by atoms with Gasteiger partial charge < -0.3 is 9.84 Å². The number of nitrogens with zero attached hydrogens (tertiary/aromatic N) is 1. The average molecular weight is 243 g/mol. The molecule has 0 radical (unpaired) electrons. The molecule has 4 nitrogen and oxygen atoms in total. The molecule has 0 fully saturated rings. The van der Waals surface area contributed by atoms with E-state index in [1.54, 1.807) is 36.4 Å². The van der Waals surface area contributed by atoms with Crippen LogP contribution in [0.3, 0.4) is 0 Å². The van der Waals surface area contributed by atoms with Gasteiger partial charge in [-0.1, -0.05) is 12.1 Å². The lowest BCUT2D eigenvalue weighted by Gasteiger charge is -2.06. The summed E-state index contributed by atoms with van der Waals surface area (Å²) in [7, 11) is 0. The Balaban J connectivity index is 2.10. The molecule has 0 atom stereocenters. The number of pyridine rings is 1. The van der Waals surface area contributed by atoms with Gasteiger partial charge in [-0.25, -0.2) is 4.98 Å². The molecule has 0 aliphatic rings. The summed E-state index contributed by atoms with van der Waals surface area (Å²) in [6, 6.07) is 10.4. The number of benzene rings is 1. The zero-order chi connectivity index (χ0) is 13.0. The van der Waals surface area contributed by atoms with Crippen LogP contribution < -0.4 is 4.74 Å². The summed E-state index contributed by atoms with van der Waals surface area (Å²) in [4.78, 5) is 15.1. The van der Waals surface area contributed by atoms with Gasteiger partial charge in [0, 0.05) is 6.92 Å². The van der Waals surface area contributed by atoms with Gasteiger partial charge in [-0.3, -0.25) is 4.79 Å². The topological polar surface area (TPSA) is 59.4 Å². The molecule has 0 amide bonds. The van der Waals surface area contributed by atoms with Crippen molar-refractivity contribution < 1.29 is 14.6 Å². The first-order valence-electron chi connectivity index (χ1n) is 5.53. The standard InChI is InChI=1S/C14H13NO3/c1-10(17)14-7-6-13(8-15-14)18-12-4-2-11(9-16)3-5-12/h2-8,16H,9H2,1H3. The first-order chi connectivity index (χ1) is 8.69.